The lowest BCUT2D eigenvalue weighted by Crippen LogP contribution is -1.95. The molecule has 0 aromatic heterocycles. The van der Waals surface area contributed by atoms with Crippen molar-refractivity contribution in [1.82, 2.24) is 0 Å². The van der Waals surface area contributed by atoms with Crippen LogP contribution in [0.25, 0.3) is 0 Å². The van der Waals surface area contributed by atoms with E-state index in [-0.39, 0.29) is 5.82 Å². The van der Waals surface area contributed by atoms with Crippen LogP contribution in [0.1, 0.15) is 12.5 Å². The lowest BCUT2D eigenvalue weighted by atomic mass is 10.2. The summed E-state index contributed by atoms with van der Waals surface area (Å²) in [6, 6.07) is 10.5. The Labute approximate surface area is 130 Å². The van der Waals surface area contributed by atoms with Gasteiger partial charge in [0.25, 0.3) is 0 Å². The van der Waals surface area contributed by atoms with Gasteiger partial charge >= 0.3 is 0 Å². The van der Waals surface area contributed by atoms with Crippen LogP contribution < -0.4 is 10.5 Å². The Morgan fingerprint density at radius 1 is 1.25 bits per heavy atom. The molecule has 2 N–H and O–H groups in total. The molecule has 5 heteroatoms. The fourth-order valence-electron chi connectivity index (χ4n) is 1.71. The maximum absolute atomic E-state index is 13.7. The molecule has 0 fully saturated rings. The van der Waals surface area contributed by atoms with E-state index < -0.39 is 0 Å². The number of hydrogen-bond acceptors (Lipinski definition) is 3. The summed E-state index contributed by atoms with van der Waals surface area (Å²) >= 11 is 4.85. The largest absolute Gasteiger partial charge is 0.494 e. The SMILES string of the molecule is CCOc1ccc(N)c(SCc2cc(Br)ccc2F)c1. The third kappa shape index (κ3) is 3.90. The van der Waals surface area contributed by atoms with Crippen molar-refractivity contribution in [3.63, 3.8) is 0 Å². The van der Waals surface area contributed by atoms with Crippen molar-refractivity contribution >= 4 is 33.4 Å². The van der Waals surface area contributed by atoms with Crippen LogP contribution in [0, 0.1) is 5.82 Å². The molecule has 2 aromatic carbocycles. The zero-order chi connectivity index (χ0) is 14.5. The fraction of sp³-hybridized carbons (Fsp3) is 0.200. The third-order valence-corrected chi connectivity index (χ3v) is 4.30. The van der Waals surface area contributed by atoms with Gasteiger partial charge in [-0.15, -0.1) is 11.8 Å². The Kier molecular flexibility index (Phi) is 5.31. The van der Waals surface area contributed by atoms with E-state index in [9.17, 15) is 4.39 Å². The van der Waals surface area contributed by atoms with E-state index in [0.717, 1.165) is 15.1 Å². The average molecular weight is 356 g/mol. The monoisotopic (exact) mass is 355 g/mol. The summed E-state index contributed by atoms with van der Waals surface area (Å²) in [5.74, 6) is 1.09. The van der Waals surface area contributed by atoms with E-state index in [4.69, 9.17) is 10.5 Å². The smallest absolute Gasteiger partial charge is 0.127 e. The van der Waals surface area contributed by atoms with Crippen LogP contribution in [-0.4, -0.2) is 6.61 Å². The normalized spacial score (nSPS) is 10.6. The maximum Gasteiger partial charge on any atom is 0.127 e. The third-order valence-electron chi connectivity index (χ3n) is 2.69. The Morgan fingerprint density at radius 2 is 2.05 bits per heavy atom. The van der Waals surface area contributed by atoms with Crippen LogP contribution in [0.5, 0.6) is 5.75 Å². The van der Waals surface area contributed by atoms with Crippen LogP contribution in [0.15, 0.2) is 45.8 Å². The van der Waals surface area contributed by atoms with Crippen LogP contribution in [0.4, 0.5) is 10.1 Å². The fourth-order valence-corrected chi connectivity index (χ4v) is 3.08. The van der Waals surface area contributed by atoms with E-state index in [2.05, 4.69) is 15.9 Å². The highest BCUT2D eigenvalue weighted by Gasteiger charge is 2.07. The molecule has 0 saturated heterocycles. The van der Waals surface area contributed by atoms with Crippen LogP contribution in [0.2, 0.25) is 0 Å². The molecular weight excluding hydrogens is 341 g/mol. The molecule has 0 aliphatic carbocycles. The molecule has 0 aliphatic heterocycles. The van der Waals surface area contributed by atoms with E-state index in [0.29, 0.717) is 23.6 Å². The van der Waals surface area contributed by atoms with E-state index in [1.807, 2.05) is 25.1 Å². The topological polar surface area (TPSA) is 35.2 Å². The highest BCUT2D eigenvalue weighted by molar-refractivity contribution is 9.10. The van der Waals surface area contributed by atoms with Crippen molar-refractivity contribution in [1.29, 1.82) is 0 Å². The van der Waals surface area contributed by atoms with Crippen molar-refractivity contribution in [2.75, 3.05) is 12.3 Å². The number of nitrogen functional groups attached to an aromatic ring is 1. The van der Waals surface area contributed by atoms with Gasteiger partial charge in [-0.3, -0.25) is 0 Å². The van der Waals surface area contributed by atoms with Gasteiger partial charge in [0.05, 0.1) is 6.61 Å². The molecule has 0 amide bonds. The van der Waals surface area contributed by atoms with Crippen molar-refractivity contribution in [3.05, 3.63) is 52.3 Å². The molecule has 0 bridgehead atoms. The molecule has 2 rings (SSSR count). The molecule has 0 spiro atoms. The van der Waals surface area contributed by atoms with E-state index in [1.54, 1.807) is 12.1 Å². The quantitative estimate of drug-likeness (QED) is 0.614. The number of anilines is 1. The molecule has 2 aromatic rings. The minimum absolute atomic E-state index is 0.208. The van der Waals surface area contributed by atoms with Gasteiger partial charge in [0.2, 0.25) is 0 Å². The molecule has 0 saturated carbocycles. The summed E-state index contributed by atoms with van der Waals surface area (Å²) in [6.45, 7) is 2.54. The number of halogens is 2. The minimum atomic E-state index is -0.208. The van der Waals surface area contributed by atoms with Crippen molar-refractivity contribution < 1.29 is 9.13 Å². The first-order valence-electron chi connectivity index (χ1n) is 6.19. The Balaban J connectivity index is 2.13. The van der Waals surface area contributed by atoms with Crippen LogP contribution >= 0.6 is 27.7 Å². The van der Waals surface area contributed by atoms with Gasteiger partial charge in [-0.25, -0.2) is 4.39 Å². The number of nitrogens with two attached hydrogens (primary N) is 1. The Bertz CT molecular complexity index is 606. The van der Waals surface area contributed by atoms with Gasteiger partial charge < -0.3 is 10.5 Å². The van der Waals surface area contributed by atoms with Gasteiger partial charge in [0.15, 0.2) is 0 Å². The van der Waals surface area contributed by atoms with Crippen LogP contribution in [0.3, 0.4) is 0 Å². The zero-order valence-corrected chi connectivity index (χ0v) is 13.4. The number of rotatable bonds is 5. The van der Waals surface area contributed by atoms with Gasteiger partial charge in [0.1, 0.15) is 11.6 Å². The molecule has 0 unspecified atom stereocenters. The standard InChI is InChI=1S/C15H15BrFNOS/c1-2-19-12-4-6-14(18)15(8-12)20-9-10-7-11(16)3-5-13(10)17/h3-8H,2,9,18H2,1H3. The summed E-state index contributed by atoms with van der Waals surface area (Å²) in [5.41, 5.74) is 7.26. The summed E-state index contributed by atoms with van der Waals surface area (Å²) in [6.07, 6.45) is 0. The number of benzene rings is 2. The second-order valence-corrected chi connectivity index (χ2v) is 6.09. The molecule has 20 heavy (non-hydrogen) atoms. The summed E-state index contributed by atoms with van der Waals surface area (Å²) in [5, 5.41) is 0. The van der Waals surface area contributed by atoms with Gasteiger partial charge in [-0.05, 0) is 48.9 Å². The van der Waals surface area contributed by atoms with Gasteiger partial charge in [-0.1, -0.05) is 15.9 Å². The first-order valence-corrected chi connectivity index (χ1v) is 7.97. The average Bonchev–Trinajstić information content (AvgIpc) is 2.43. The lowest BCUT2D eigenvalue weighted by Gasteiger charge is -2.09. The Morgan fingerprint density at radius 3 is 2.80 bits per heavy atom. The summed E-state index contributed by atoms with van der Waals surface area (Å²) in [4.78, 5) is 0.898. The molecule has 0 radical (unpaired) electrons. The molecular formula is C15H15BrFNOS. The number of thioether (sulfide) groups is 1. The van der Waals surface area contributed by atoms with Crippen molar-refractivity contribution in [3.8, 4) is 5.75 Å². The second kappa shape index (κ2) is 6.99. The highest BCUT2D eigenvalue weighted by Crippen LogP contribution is 2.32. The molecule has 0 aliphatic rings. The predicted molar refractivity (Wildman–Crippen MR) is 85.7 cm³/mol. The van der Waals surface area contributed by atoms with E-state index in [1.165, 1.54) is 17.8 Å². The number of hydrogen-bond donors (Lipinski definition) is 1. The first-order chi connectivity index (χ1) is 9.60. The van der Waals surface area contributed by atoms with Gasteiger partial charge in [-0.2, -0.15) is 0 Å². The summed E-state index contributed by atoms with van der Waals surface area (Å²) < 4.78 is 20.0. The molecule has 0 atom stereocenters. The second-order valence-electron chi connectivity index (χ2n) is 4.16. The molecule has 0 heterocycles. The Hall–Kier alpha value is -1.20. The van der Waals surface area contributed by atoms with Gasteiger partial charge in [0, 0.05) is 20.8 Å². The zero-order valence-electron chi connectivity index (χ0n) is 11.0. The van der Waals surface area contributed by atoms with E-state index >= 15 is 0 Å². The van der Waals surface area contributed by atoms with Crippen molar-refractivity contribution in [2.24, 2.45) is 0 Å². The minimum Gasteiger partial charge on any atom is -0.494 e. The molecule has 106 valence electrons. The van der Waals surface area contributed by atoms with Crippen LogP contribution in [-0.2, 0) is 5.75 Å². The predicted octanol–water partition coefficient (Wildman–Crippen LogP) is 4.86. The first kappa shape index (κ1) is 15.2. The van der Waals surface area contributed by atoms with Crippen molar-refractivity contribution in [2.45, 2.75) is 17.6 Å². The molecule has 2 nitrogen and oxygen atoms in total. The maximum atomic E-state index is 13.7. The highest BCUT2D eigenvalue weighted by atomic mass is 79.9. The summed E-state index contributed by atoms with van der Waals surface area (Å²) in [7, 11) is 0. The lowest BCUT2D eigenvalue weighted by molar-refractivity contribution is 0.339. The number of ether oxygens (including phenoxy) is 1.